The van der Waals surface area contributed by atoms with Gasteiger partial charge in [0.2, 0.25) is 5.91 Å². The molecule has 2 atom stereocenters. The average molecular weight is 346 g/mol. The highest BCUT2D eigenvalue weighted by Gasteiger charge is 2.26. The fourth-order valence-corrected chi connectivity index (χ4v) is 3.48. The number of carbonyl (C=O) groups is 1. The van der Waals surface area contributed by atoms with Gasteiger partial charge in [0.25, 0.3) is 0 Å². The van der Waals surface area contributed by atoms with E-state index in [4.69, 9.17) is 4.74 Å². The van der Waals surface area contributed by atoms with Gasteiger partial charge in [0.1, 0.15) is 0 Å². The Morgan fingerprint density at radius 2 is 1.92 bits per heavy atom. The molecule has 1 aromatic carbocycles. The molecule has 2 fully saturated rings. The minimum Gasteiger partial charge on any atom is -0.374 e. The van der Waals surface area contributed by atoms with E-state index in [1.165, 1.54) is 5.69 Å². The Hall–Kier alpha value is -1.63. The minimum absolute atomic E-state index is 0.167. The van der Waals surface area contributed by atoms with E-state index in [9.17, 15) is 4.79 Å². The van der Waals surface area contributed by atoms with Crippen molar-refractivity contribution in [2.24, 2.45) is 0 Å². The summed E-state index contributed by atoms with van der Waals surface area (Å²) in [5.41, 5.74) is 1.24. The van der Waals surface area contributed by atoms with Crippen LogP contribution < -0.4 is 10.2 Å². The number of hydrogen-bond donors (Lipinski definition) is 1. The van der Waals surface area contributed by atoms with Crippen molar-refractivity contribution in [3.05, 3.63) is 30.3 Å². The number of nitrogens with zero attached hydrogens (tertiary/aromatic N) is 3. The molecule has 0 unspecified atom stereocenters. The van der Waals surface area contributed by atoms with Crippen molar-refractivity contribution in [1.82, 2.24) is 15.1 Å². The molecule has 6 heteroatoms. The van der Waals surface area contributed by atoms with Gasteiger partial charge in [-0.1, -0.05) is 18.2 Å². The molecule has 2 aliphatic rings. The van der Waals surface area contributed by atoms with Crippen molar-refractivity contribution < 1.29 is 9.53 Å². The number of rotatable bonds is 5. The number of morpholine rings is 1. The van der Waals surface area contributed by atoms with Crippen LogP contribution in [0.4, 0.5) is 5.69 Å². The highest BCUT2D eigenvalue weighted by atomic mass is 16.5. The highest BCUT2D eigenvalue weighted by Crippen LogP contribution is 2.16. The Labute approximate surface area is 150 Å². The summed E-state index contributed by atoms with van der Waals surface area (Å²) in [4.78, 5) is 19.3. The first-order chi connectivity index (χ1) is 12.1. The number of ether oxygens (including phenoxy) is 1. The molecular weight excluding hydrogens is 316 g/mol. The summed E-state index contributed by atoms with van der Waals surface area (Å²) in [7, 11) is 2.11. The topological polar surface area (TPSA) is 48.1 Å². The van der Waals surface area contributed by atoms with Crippen LogP contribution in [0.15, 0.2) is 30.3 Å². The lowest BCUT2D eigenvalue weighted by Crippen LogP contribution is -2.55. The predicted molar refractivity (Wildman–Crippen MR) is 99.9 cm³/mol. The van der Waals surface area contributed by atoms with Crippen LogP contribution in [0.2, 0.25) is 0 Å². The zero-order chi connectivity index (χ0) is 17.6. The number of anilines is 1. The molecule has 0 aliphatic carbocycles. The van der Waals surface area contributed by atoms with Crippen LogP contribution in [0, 0.1) is 0 Å². The number of piperazine rings is 1. The SMILES string of the molecule is C[C@@H](NC[C@@H]1CN(C)CCO1)C(=O)N1CCN(c2ccccc2)CC1. The number of hydrogen-bond acceptors (Lipinski definition) is 5. The van der Waals surface area contributed by atoms with E-state index in [0.717, 1.165) is 52.4 Å². The molecule has 0 spiro atoms. The minimum atomic E-state index is -0.167. The van der Waals surface area contributed by atoms with Crippen LogP contribution in [0.25, 0.3) is 0 Å². The van der Waals surface area contributed by atoms with Crippen molar-refractivity contribution in [1.29, 1.82) is 0 Å². The second kappa shape index (κ2) is 8.65. The molecule has 25 heavy (non-hydrogen) atoms. The molecule has 138 valence electrons. The molecule has 1 N–H and O–H groups in total. The predicted octanol–water partition coefficient (Wildman–Crippen LogP) is 0.644. The van der Waals surface area contributed by atoms with E-state index in [0.29, 0.717) is 0 Å². The second-order valence-electron chi connectivity index (χ2n) is 7.03. The van der Waals surface area contributed by atoms with Crippen LogP contribution in [0.1, 0.15) is 6.92 Å². The standard InChI is InChI=1S/C19H30N4O2/c1-16(20-14-18-15-21(2)12-13-25-18)19(24)23-10-8-22(9-11-23)17-6-4-3-5-7-17/h3-7,16,18,20H,8-15H2,1-2H3/t16-,18-/m1/s1. The molecular formula is C19H30N4O2. The molecule has 3 rings (SSSR count). The fourth-order valence-electron chi connectivity index (χ4n) is 3.48. The quantitative estimate of drug-likeness (QED) is 0.848. The van der Waals surface area contributed by atoms with Gasteiger partial charge in [-0.3, -0.25) is 4.79 Å². The number of para-hydroxylation sites is 1. The number of carbonyl (C=O) groups excluding carboxylic acids is 1. The van der Waals surface area contributed by atoms with E-state index < -0.39 is 0 Å². The smallest absolute Gasteiger partial charge is 0.239 e. The number of nitrogens with one attached hydrogen (secondary N) is 1. The summed E-state index contributed by atoms with van der Waals surface area (Å²) in [5, 5.41) is 3.36. The van der Waals surface area contributed by atoms with Gasteiger partial charge < -0.3 is 24.8 Å². The van der Waals surface area contributed by atoms with Crippen molar-refractivity contribution in [2.45, 2.75) is 19.1 Å². The van der Waals surface area contributed by atoms with Gasteiger partial charge in [0, 0.05) is 51.5 Å². The first-order valence-corrected chi connectivity index (χ1v) is 9.26. The van der Waals surface area contributed by atoms with Gasteiger partial charge in [-0.25, -0.2) is 0 Å². The number of likely N-dealkylation sites (N-methyl/N-ethyl adjacent to an activating group) is 1. The van der Waals surface area contributed by atoms with Crippen LogP contribution in [0.3, 0.4) is 0 Å². The van der Waals surface area contributed by atoms with Gasteiger partial charge in [-0.05, 0) is 26.1 Å². The molecule has 1 aromatic rings. The maximum Gasteiger partial charge on any atom is 0.239 e. The van der Waals surface area contributed by atoms with E-state index in [-0.39, 0.29) is 18.1 Å². The largest absolute Gasteiger partial charge is 0.374 e. The zero-order valence-electron chi connectivity index (χ0n) is 15.4. The number of amides is 1. The molecule has 0 saturated carbocycles. The van der Waals surface area contributed by atoms with E-state index in [1.54, 1.807) is 0 Å². The van der Waals surface area contributed by atoms with Crippen LogP contribution in [-0.4, -0.2) is 87.3 Å². The summed E-state index contributed by atoms with van der Waals surface area (Å²) >= 11 is 0. The van der Waals surface area contributed by atoms with E-state index >= 15 is 0 Å². The first kappa shape index (κ1) is 18.2. The van der Waals surface area contributed by atoms with Gasteiger partial charge in [0.15, 0.2) is 0 Å². The Morgan fingerprint density at radius 3 is 2.60 bits per heavy atom. The highest BCUT2D eigenvalue weighted by molar-refractivity contribution is 5.81. The molecule has 0 aromatic heterocycles. The van der Waals surface area contributed by atoms with E-state index in [1.807, 2.05) is 17.9 Å². The lowest BCUT2D eigenvalue weighted by molar-refractivity contribution is -0.133. The lowest BCUT2D eigenvalue weighted by Gasteiger charge is -2.37. The fraction of sp³-hybridized carbons (Fsp3) is 0.632. The average Bonchev–Trinajstić information content (AvgIpc) is 2.66. The molecule has 6 nitrogen and oxygen atoms in total. The maximum absolute atomic E-state index is 12.7. The monoisotopic (exact) mass is 346 g/mol. The first-order valence-electron chi connectivity index (χ1n) is 9.26. The summed E-state index contributed by atoms with van der Waals surface area (Å²) < 4.78 is 5.75. The molecule has 2 aliphatic heterocycles. The van der Waals surface area contributed by atoms with Crippen LogP contribution >= 0.6 is 0 Å². The summed E-state index contributed by atoms with van der Waals surface area (Å²) in [6.07, 6.45) is 0.170. The Balaban J connectivity index is 1.42. The number of benzene rings is 1. The third kappa shape index (κ3) is 4.93. The summed E-state index contributed by atoms with van der Waals surface area (Å²) in [6.45, 7) is 8.69. The third-order valence-corrected chi connectivity index (χ3v) is 5.08. The van der Waals surface area contributed by atoms with Gasteiger partial charge in [0.05, 0.1) is 18.8 Å². The Bertz CT molecular complexity index is 546. The van der Waals surface area contributed by atoms with Crippen molar-refractivity contribution in [2.75, 3.05) is 64.4 Å². The lowest BCUT2D eigenvalue weighted by atomic mass is 10.2. The van der Waals surface area contributed by atoms with Crippen molar-refractivity contribution in [3.63, 3.8) is 0 Å². The molecule has 2 heterocycles. The summed E-state index contributed by atoms with van der Waals surface area (Å²) in [5.74, 6) is 0.192. The normalized spacial score (nSPS) is 23.5. The van der Waals surface area contributed by atoms with E-state index in [2.05, 4.69) is 46.4 Å². The van der Waals surface area contributed by atoms with Gasteiger partial charge in [-0.15, -0.1) is 0 Å². The summed E-state index contributed by atoms with van der Waals surface area (Å²) in [6, 6.07) is 10.2. The molecule has 2 saturated heterocycles. The maximum atomic E-state index is 12.7. The third-order valence-electron chi connectivity index (χ3n) is 5.08. The van der Waals surface area contributed by atoms with Gasteiger partial charge in [-0.2, -0.15) is 0 Å². The van der Waals surface area contributed by atoms with Crippen molar-refractivity contribution in [3.8, 4) is 0 Å². The molecule has 1 amide bonds. The molecule has 0 bridgehead atoms. The Kier molecular flexibility index (Phi) is 6.29. The van der Waals surface area contributed by atoms with Crippen molar-refractivity contribution >= 4 is 11.6 Å². The van der Waals surface area contributed by atoms with Crippen LogP contribution in [-0.2, 0) is 9.53 Å². The molecule has 0 radical (unpaired) electrons. The Morgan fingerprint density at radius 1 is 1.20 bits per heavy atom. The van der Waals surface area contributed by atoms with Gasteiger partial charge >= 0.3 is 0 Å². The zero-order valence-corrected chi connectivity index (χ0v) is 15.4. The second-order valence-corrected chi connectivity index (χ2v) is 7.03. The van der Waals surface area contributed by atoms with Crippen LogP contribution in [0.5, 0.6) is 0 Å².